The molecule has 1 aromatic heterocycles. The van der Waals surface area contributed by atoms with Crippen LogP contribution in [0, 0.1) is 5.41 Å². The maximum atomic E-state index is 12.3. The van der Waals surface area contributed by atoms with Crippen LogP contribution in [-0.4, -0.2) is 34.4 Å². The zero-order valence-electron chi connectivity index (χ0n) is 11.7. The van der Waals surface area contributed by atoms with Crippen LogP contribution >= 0.6 is 0 Å². The number of aliphatic hydroxyl groups excluding tert-OH is 1. The highest BCUT2D eigenvalue weighted by Crippen LogP contribution is 2.30. The second kappa shape index (κ2) is 5.74. The number of nitrogens with zero attached hydrogens (tertiary/aromatic N) is 1. The highest BCUT2D eigenvalue weighted by atomic mass is 16.3. The average molecular weight is 265 g/mol. The number of aliphatic hydroxyl groups is 1. The minimum absolute atomic E-state index is 0.0711. The largest absolute Gasteiger partial charge is 0.396 e. The number of aromatic amines is 1. The first kappa shape index (κ1) is 14.1. The van der Waals surface area contributed by atoms with Gasteiger partial charge in [0.05, 0.1) is 12.1 Å². The number of rotatable bonds is 5. The Balaban J connectivity index is 1.95. The van der Waals surface area contributed by atoms with Gasteiger partial charge in [-0.15, -0.1) is 0 Å². The van der Waals surface area contributed by atoms with Crippen LogP contribution in [0.4, 0.5) is 0 Å². The van der Waals surface area contributed by atoms with E-state index in [2.05, 4.69) is 15.5 Å². The SMILES string of the molecule is CC(C)(CCO)CNC(=O)C1CCCc2[nH]ncc21. The number of aromatic nitrogens is 2. The molecule has 1 aliphatic rings. The molecule has 3 N–H and O–H groups in total. The molecule has 1 unspecified atom stereocenters. The third-order valence-electron chi connectivity index (χ3n) is 3.89. The topological polar surface area (TPSA) is 78.0 Å². The summed E-state index contributed by atoms with van der Waals surface area (Å²) < 4.78 is 0. The number of amides is 1. The van der Waals surface area contributed by atoms with Crippen molar-refractivity contribution in [2.45, 2.75) is 45.4 Å². The molecule has 0 spiro atoms. The molecule has 2 rings (SSSR count). The van der Waals surface area contributed by atoms with Gasteiger partial charge in [0.15, 0.2) is 0 Å². The van der Waals surface area contributed by atoms with Gasteiger partial charge in [0.1, 0.15) is 0 Å². The fourth-order valence-electron chi connectivity index (χ4n) is 2.57. The lowest BCUT2D eigenvalue weighted by molar-refractivity contribution is -0.123. The molecule has 106 valence electrons. The van der Waals surface area contributed by atoms with Crippen molar-refractivity contribution >= 4 is 5.91 Å². The summed E-state index contributed by atoms with van der Waals surface area (Å²) in [6.07, 6.45) is 5.35. The predicted octanol–water partition coefficient (Wildman–Crippen LogP) is 1.35. The van der Waals surface area contributed by atoms with Gasteiger partial charge in [-0.3, -0.25) is 9.89 Å². The Bertz CT molecular complexity index is 440. The number of aryl methyl sites for hydroxylation is 1. The van der Waals surface area contributed by atoms with Crippen LogP contribution in [0.25, 0.3) is 0 Å². The van der Waals surface area contributed by atoms with E-state index in [1.807, 2.05) is 13.8 Å². The second-order valence-corrected chi connectivity index (χ2v) is 6.10. The highest BCUT2D eigenvalue weighted by Gasteiger charge is 2.29. The number of carbonyl (C=O) groups excluding carboxylic acids is 1. The monoisotopic (exact) mass is 265 g/mol. The Kier molecular flexibility index (Phi) is 4.24. The van der Waals surface area contributed by atoms with Crippen molar-refractivity contribution in [1.29, 1.82) is 0 Å². The molecule has 0 aromatic carbocycles. The molecule has 1 atom stereocenters. The van der Waals surface area contributed by atoms with Crippen LogP contribution in [-0.2, 0) is 11.2 Å². The molecule has 0 aliphatic heterocycles. The van der Waals surface area contributed by atoms with Crippen LogP contribution in [0.5, 0.6) is 0 Å². The fraction of sp³-hybridized carbons (Fsp3) is 0.714. The summed E-state index contributed by atoms with van der Waals surface area (Å²) in [6.45, 7) is 4.84. The number of H-pyrrole nitrogens is 1. The summed E-state index contributed by atoms with van der Waals surface area (Å²) in [4.78, 5) is 12.3. The van der Waals surface area contributed by atoms with Gasteiger partial charge < -0.3 is 10.4 Å². The van der Waals surface area contributed by atoms with Crippen molar-refractivity contribution in [2.75, 3.05) is 13.2 Å². The summed E-state index contributed by atoms with van der Waals surface area (Å²) in [6, 6.07) is 0. The molecular formula is C14H23N3O2. The first-order valence-corrected chi connectivity index (χ1v) is 6.94. The van der Waals surface area contributed by atoms with Gasteiger partial charge in [0.2, 0.25) is 5.91 Å². The summed E-state index contributed by atoms with van der Waals surface area (Å²) >= 11 is 0. The van der Waals surface area contributed by atoms with Crippen molar-refractivity contribution in [3.8, 4) is 0 Å². The quantitative estimate of drug-likeness (QED) is 0.752. The van der Waals surface area contributed by atoms with Crippen LogP contribution < -0.4 is 5.32 Å². The van der Waals surface area contributed by atoms with E-state index < -0.39 is 0 Å². The summed E-state index contributed by atoms with van der Waals surface area (Å²) in [7, 11) is 0. The van der Waals surface area contributed by atoms with Gasteiger partial charge in [0, 0.05) is 24.4 Å². The molecule has 1 aliphatic carbocycles. The highest BCUT2D eigenvalue weighted by molar-refractivity contribution is 5.84. The normalized spacial score (nSPS) is 19.0. The van der Waals surface area contributed by atoms with Crippen molar-refractivity contribution in [3.05, 3.63) is 17.5 Å². The molecule has 0 bridgehead atoms. The Morgan fingerprint density at radius 1 is 1.63 bits per heavy atom. The molecule has 0 saturated carbocycles. The fourth-order valence-corrected chi connectivity index (χ4v) is 2.57. The van der Waals surface area contributed by atoms with E-state index in [9.17, 15) is 4.79 Å². The maximum absolute atomic E-state index is 12.3. The van der Waals surface area contributed by atoms with E-state index in [4.69, 9.17) is 5.11 Å². The maximum Gasteiger partial charge on any atom is 0.227 e. The summed E-state index contributed by atoms with van der Waals surface area (Å²) in [5.74, 6) is 0.000733. The number of hydrogen-bond donors (Lipinski definition) is 3. The molecule has 1 aromatic rings. The molecule has 1 heterocycles. The van der Waals surface area contributed by atoms with E-state index in [0.717, 1.165) is 30.5 Å². The molecule has 5 heteroatoms. The Morgan fingerprint density at radius 3 is 3.16 bits per heavy atom. The number of fused-ring (bicyclic) bond motifs is 1. The van der Waals surface area contributed by atoms with Gasteiger partial charge in [-0.25, -0.2) is 0 Å². The Morgan fingerprint density at radius 2 is 2.42 bits per heavy atom. The predicted molar refractivity (Wildman–Crippen MR) is 72.8 cm³/mol. The van der Waals surface area contributed by atoms with Crippen molar-refractivity contribution in [1.82, 2.24) is 15.5 Å². The average Bonchev–Trinajstić information content (AvgIpc) is 2.84. The molecular weight excluding hydrogens is 242 g/mol. The van der Waals surface area contributed by atoms with Gasteiger partial charge in [0.25, 0.3) is 0 Å². The number of hydrogen-bond acceptors (Lipinski definition) is 3. The first-order valence-electron chi connectivity index (χ1n) is 6.94. The molecule has 5 nitrogen and oxygen atoms in total. The molecule has 0 fully saturated rings. The van der Waals surface area contributed by atoms with Crippen molar-refractivity contribution in [3.63, 3.8) is 0 Å². The van der Waals surface area contributed by atoms with E-state index in [0.29, 0.717) is 13.0 Å². The van der Waals surface area contributed by atoms with E-state index in [1.165, 1.54) is 0 Å². The van der Waals surface area contributed by atoms with Gasteiger partial charge in [-0.1, -0.05) is 13.8 Å². The Labute approximate surface area is 113 Å². The molecule has 19 heavy (non-hydrogen) atoms. The van der Waals surface area contributed by atoms with E-state index in [-0.39, 0.29) is 23.8 Å². The minimum Gasteiger partial charge on any atom is -0.396 e. The lowest BCUT2D eigenvalue weighted by Crippen LogP contribution is -2.38. The lowest BCUT2D eigenvalue weighted by Gasteiger charge is -2.26. The smallest absolute Gasteiger partial charge is 0.227 e. The Hall–Kier alpha value is -1.36. The van der Waals surface area contributed by atoms with Crippen LogP contribution in [0.2, 0.25) is 0 Å². The van der Waals surface area contributed by atoms with Gasteiger partial charge >= 0.3 is 0 Å². The molecule has 0 saturated heterocycles. The summed E-state index contributed by atoms with van der Waals surface area (Å²) in [5.41, 5.74) is 2.07. The lowest BCUT2D eigenvalue weighted by atomic mass is 9.85. The van der Waals surface area contributed by atoms with E-state index in [1.54, 1.807) is 6.20 Å². The third kappa shape index (κ3) is 3.35. The minimum atomic E-state index is -0.0765. The third-order valence-corrected chi connectivity index (χ3v) is 3.89. The van der Waals surface area contributed by atoms with Gasteiger partial charge in [-0.05, 0) is 31.1 Å². The molecule has 1 amide bonds. The van der Waals surface area contributed by atoms with Gasteiger partial charge in [-0.2, -0.15) is 5.10 Å². The number of carbonyl (C=O) groups is 1. The summed E-state index contributed by atoms with van der Waals surface area (Å²) in [5, 5.41) is 19.0. The van der Waals surface area contributed by atoms with Crippen LogP contribution in [0.3, 0.4) is 0 Å². The van der Waals surface area contributed by atoms with E-state index >= 15 is 0 Å². The second-order valence-electron chi connectivity index (χ2n) is 6.10. The zero-order valence-corrected chi connectivity index (χ0v) is 11.7. The molecule has 0 radical (unpaired) electrons. The van der Waals surface area contributed by atoms with Crippen LogP contribution in [0.1, 0.15) is 50.3 Å². The van der Waals surface area contributed by atoms with Crippen molar-refractivity contribution in [2.24, 2.45) is 5.41 Å². The zero-order chi connectivity index (χ0) is 13.9. The first-order chi connectivity index (χ1) is 9.03. The number of nitrogens with one attached hydrogen (secondary N) is 2. The van der Waals surface area contributed by atoms with Crippen LogP contribution in [0.15, 0.2) is 6.20 Å². The standard InChI is InChI=1S/C14H23N3O2/c1-14(2,6-7-18)9-15-13(19)10-4-3-5-12-11(10)8-16-17-12/h8,10,18H,3-7,9H2,1-2H3,(H,15,19)(H,16,17). The van der Waals surface area contributed by atoms with Crippen molar-refractivity contribution < 1.29 is 9.90 Å².